The summed E-state index contributed by atoms with van der Waals surface area (Å²) in [6.45, 7) is 3.76. The van der Waals surface area contributed by atoms with E-state index >= 15 is 0 Å². The van der Waals surface area contributed by atoms with E-state index in [2.05, 4.69) is 0 Å². The van der Waals surface area contributed by atoms with Crippen LogP contribution in [-0.4, -0.2) is 33.5 Å². The molecule has 5 nitrogen and oxygen atoms in total. The Morgan fingerprint density at radius 1 is 1.45 bits per heavy atom. The van der Waals surface area contributed by atoms with Crippen molar-refractivity contribution >= 4 is 28.4 Å². The van der Waals surface area contributed by atoms with Gasteiger partial charge in [-0.3, -0.25) is 4.79 Å². The average molecular weight is 293 g/mol. The van der Waals surface area contributed by atoms with E-state index in [0.29, 0.717) is 5.52 Å². The zero-order valence-corrected chi connectivity index (χ0v) is 12.3. The number of aromatic hydroxyl groups is 1. The Morgan fingerprint density at radius 2 is 2.15 bits per heavy atom. The maximum Gasteiger partial charge on any atom is 0.344 e. The standard InChI is InChI=1S/C14H15NO4S/c1-4-19-13(17)10-9-7-8(2)5-6-15(9)11(12(10)16)14(18)20-3/h5-7,16H,4H2,1-3H3. The second-order valence-electron chi connectivity index (χ2n) is 4.24. The van der Waals surface area contributed by atoms with Crippen molar-refractivity contribution in [1.29, 1.82) is 0 Å². The third-order valence-electron chi connectivity index (χ3n) is 2.93. The summed E-state index contributed by atoms with van der Waals surface area (Å²) in [7, 11) is 0. The Balaban J connectivity index is 2.79. The van der Waals surface area contributed by atoms with E-state index in [-0.39, 0.29) is 28.7 Å². The Labute approximate surface area is 120 Å². The topological polar surface area (TPSA) is 68.0 Å². The molecule has 20 heavy (non-hydrogen) atoms. The zero-order chi connectivity index (χ0) is 14.9. The second kappa shape index (κ2) is 5.58. The number of carbonyl (C=O) groups is 2. The molecule has 0 atom stereocenters. The molecule has 0 bridgehead atoms. The van der Waals surface area contributed by atoms with Crippen LogP contribution in [0.4, 0.5) is 0 Å². The van der Waals surface area contributed by atoms with Crippen molar-refractivity contribution in [3.05, 3.63) is 35.2 Å². The summed E-state index contributed by atoms with van der Waals surface area (Å²) in [5, 5.41) is 9.94. The Hall–Kier alpha value is -1.95. The van der Waals surface area contributed by atoms with E-state index in [0.717, 1.165) is 17.3 Å². The molecule has 0 aliphatic carbocycles. The molecule has 2 rings (SSSR count). The van der Waals surface area contributed by atoms with Gasteiger partial charge in [0.2, 0.25) is 5.12 Å². The summed E-state index contributed by atoms with van der Waals surface area (Å²) in [4.78, 5) is 24.0. The summed E-state index contributed by atoms with van der Waals surface area (Å²) < 4.78 is 6.47. The number of fused-ring (bicyclic) bond motifs is 1. The Kier molecular flexibility index (Phi) is 4.04. The van der Waals surface area contributed by atoms with Gasteiger partial charge in [0.05, 0.1) is 12.1 Å². The summed E-state index contributed by atoms with van der Waals surface area (Å²) >= 11 is 0.978. The molecular formula is C14H15NO4S. The van der Waals surface area contributed by atoms with Crippen molar-refractivity contribution in [3.8, 4) is 5.75 Å². The molecule has 2 aromatic rings. The molecule has 0 aliphatic heterocycles. The lowest BCUT2D eigenvalue weighted by Crippen LogP contribution is -2.04. The summed E-state index contributed by atoms with van der Waals surface area (Å²) in [5.41, 5.74) is 1.52. The van der Waals surface area contributed by atoms with Crippen LogP contribution in [0.1, 0.15) is 33.3 Å². The maximum atomic E-state index is 12.0. The molecule has 1 N–H and O–H groups in total. The van der Waals surface area contributed by atoms with Gasteiger partial charge in [0.1, 0.15) is 11.3 Å². The van der Waals surface area contributed by atoms with Crippen molar-refractivity contribution < 1.29 is 19.4 Å². The zero-order valence-electron chi connectivity index (χ0n) is 11.5. The lowest BCUT2D eigenvalue weighted by atomic mass is 10.2. The largest absolute Gasteiger partial charge is 0.505 e. The molecule has 0 saturated carbocycles. The van der Waals surface area contributed by atoms with Gasteiger partial charge in [-0.15, -0.1) is 0 Å². The van der Waals surface area contributed by atoms with Crippen LogP contribution in [0.2, 0.25) is 0 Å². The van der Waals surface area contributed by atoms with Crippen LogP contribution < -0.4 is 0 Å². The minimum Gasteiger partial charge on any atom is -0.505 e. The predicted octanol–water partition coefficient (Wildman–Crippen LogP) is 2.63. The molecule has 0 fully saturated rings. The number of rotatable bonds is 3. The number of hydrogen-bond donors (Lipinski definition) is 1. The fourth-order valence-electron chi connectivity index (χ4n) is 2.04. The van der Waals surface area contributed by atoms with E-state index in [1.54, 1.807) is 31.5 Å². The molecule has 0 unspecified atom stereocenters. The van der Waals surface area contributed by atoms with E-state index in [4.69, 9.17) is 4.74 Å². The number of nitrogens with zero attached hydrogens (tertiary/aromatic N) is 1. The number of thioether (sulfide) groups is 1. The third kappa shape index (κ3) is 2.27. The van der Waals surface area contributed by atoms with Gasteiger partial charge in [0.25, 0.3) is 0 Å². The molecule has 106 valence electrons. The molecule has 0 radical (unpaired) electrons. The van der Waals surface area contributed by atoms with Crippen LogP contribution in [0.15, 0.2) is 18.3 Å². The number of esters is 1. The lowest BCUT2D eigenvalue weighted by Gasteiger charge is -2.02. The molecule has 0 saturated heterocycles. The molecule has 0 aromatic carbocycles. The Morgan fingerprint density at radius 3 is 2.75 bits per heavy atom. The van der Waals surface area contributed by atoms with Crippen molar-refractivity contribution in [1.82, 2.24) is 4.40 Å². The summed E-state index contributed by atoms with van der Waals surface area (Å²) in [5.74, 6) is -0.957. The van der Waals surface area contributed by atoms with Gasteiger partial charge in [0, 0.05) is 6.20 Å². The van der Waals surface area contributed by atoms with Gasteiger partial charge < -0.3 is 14.2 Å². The first-order valence-electron chi connectivity index (χ1n) is 6.10. The first-order valence-corrected chi connectivity index (χ1v) is 7.32. The number of ether oxygens (including phenoxy) is 1. The fraction of sp³-hybridized carbons (Fsp3) is 0.286. The number of carbonyl (C=O) groups excluding carboxylic acids is 2. The molecule has 0 amide bonds. The molecule has 2 heterocycles. The van der Waals surface area contributed by atoms with Gasteiger partial charge >= 0.3 is 5.97 Å². The molecule has 0 spiro atoms. The van der Waals surface area contributed by atoms with E-state index < -0.39 is 5.97 Å². The van der Waals surface area contributed by atoms with Crippen LogP contribution >= 0.6 is 11.8 Å². The minimum absolute atomic E-state index is 0.0351. The second-order valence-corrected chi connectivity index (χ2v) is 5.02. The fourth-order valence-corrected chi connectivity index (χ4v) is 2.43. The van der Waals surface area contributed by atoms with Crippen LogP contribution in [-0.2, 0) is 4.74 Å². The van der Waals surface area contributed by atoms with E-state index in [1.807, 2.05) is 6.92 Å². The molecule has 6 heteroatoms. The van der Waals surface area contributed by atoms with Crippen molar-refractivity contribution in [2.45, 2.75) is 13.8 Å². The highest BCUT2D eigenvalue weighted by Crippen LogP contribution is 2.33. The van der Waals surface area contributed by atoms with Crippen LogP contribution in [0.5, 0.6) is 5.75 Å². The highest BCUT2D eigenvalue weighted by molar-refractivity contribution is 8.13. The third-order valence-corrected chi connectivity index (χ3v) is 3.49. The van der Waals surface area contributed by atoms with Gasteiger partial charge in [-0.2, -0.15) is 0 Å². The highest BCUT2D eigenvalue weighted by atomic mass is 32.2. The smallest absolute Gasteiger partial charge is 0.344 e. The summed E-state index contributed by atoms with van der Waals surface area (Å²) in [6.07, 6.45) is 3.29. The quantitative estimate of drug-likeness (QED) is 0.881. The molecule has 2 aromatic heterocycles. The van der Waals surface area contributed by atoms with Crippen molar-refractivity contribution in [2.75, 3.05) is 12.9 Å². The maximum absolute atomic E-state index is 12.0. The molecule has 0 aliphatic rings. The summed E-state index contributed by atoms with van der Waals surface area (Å²) in [6, 6.07) is 3.54. The van der Waals surface area contributed by atoms with E-state index in [9.17, 15) is 14.7 Å². The first kappa shape index (κ1) is 14.5. The van der Waals surface area contributed by atoms with Crippen LogP contribution in [0.3, 0.4) is 0 Å². The average Bonchev–Trinajstić information content (AvgIpc) is 2.69. The van der Waals surface area contributed by atoms with Gasteiger partial charge in [0.15, 0.2) is 5.75 Å². The van der Waals surface area contributed by atoms with Gasteiger partial charge in [-0.1, -0.05) is 11.8 Å². The SMILES string of the molecule is CCOC(=O)c1c(O)c(C(=O)SC)n2ccc(C)cc12. The minimum atomic E-state index is -0.631. The number of aromatic nitrogens is 1. The van der Waals surface area contributed by atoms with Crippen LogP contribution in [0, 0.1) is 6.92 Å². The predicted molar refractivity (Wildman–Crippen MR) is 77.6 cm³/mol. The van der Waals surface area contributed by atoms with Gasteiger partial charge in [-0.05, 0) is 37.8 Å². The van der Waals surface area contributed by atoms with Crippen LogP contribution in [0.25, 0.3) is 5.52 Å². The molecular weight excluding hydrogens is 278 g/mol. The number of aryl methyl sites for hydroxylation is 1. The number of pyridine rings is 1. The Bertz CT molecular complexity index is 690. The van der Waals surface area contributed by atoms with Crippen molar-refractivity contribution in [2.24, 2.45) is 0 Å². The first-order chi connectivity index (χ1) is 9.51. The van der Waals surface area contributed by atoms with Crippen molar-refractivity contribution in [3.63, 3.8) is 0 Å². The number of hydrogen-bond acceptors (Lipinski definition) is 5. The van der Waals surface area contributed by atoms with E-state index in [1.165, 1.54) is 4.40 Å². The highest BCUT2D eigenvalue weighted by Gasteiger charge is 2.27. The lowest BCUT2D eigenvalue weighted by molar-refractivity contribution is 0.0526. The monoisotopic (exact) mass is 293 g/mol. The normalized spacial score (nSPS) is 10.8. The van der Waals surface area contributed by atoms with Gasteiger partial charge in [-0.25, -0.2) is 4.79 Å².